The van der Waals surface area contributed by atoms with Crippen molar-refractivity contribution in [2.45, 2.75) is 25.9 Å². The fourth-order valence-electron chi connectivity index (χ4n) is 2.61. The quantitative estimate of drug-likeness (QED) is 0.658. The van der Waals surface area contributed by atoms with Gasteiger partial charge in [-0.1, -0.05) is 12.1 Å². The standard InChI is InChI=1S/C16H19F3N2O2S/c1-2-23-14(22)11-7-9-21(10-8-11)15(24)20-13-6-4-3-5-12(13)16(17,18)19/h3-6,11H,2,7-10H2,1H3,(H,20,24). The second kappa shape index (κ2) is 7.83. The van der Waals surface area contributed by atoms with Crippen molar-refractivity contribution in [1.29, 1.82) is 0 Å². The van der Waals surface area contributed by atoms with Crippen molar-refractivity contribution in [2.75, 3.05) is 25.0 Å². The highest BCUT2D eigenvalue weighted by Crippen LogP contribution is 2.34. The van der Waals surface area contributed by atoms with Gasteiger partial charge in [0.25, 0.3) is 0 Å². The summed E-state index contributed by atoms with van der Waals surface area (Å²) in [6.07, 6.45) is -3.31. The van der Waals surface area contributed by atoms with Crippen LogP contribution in [0.5, 0.6) is 0 Å². The van der Waals surface area contributed by atoms with Gasteiger partial charge in [0.1, 0.15) is 0 Å². The predicted molar refractivity (Wildman–Crippen MR) is 88.6 cm³/mol. The van der Waals surface area contributed by atoms with E-state index >= 15 is 0 Å². The number of hydrogen-bond donors (Lipinski definition) is 1. The number of carbonyl (C=O) groups is 1. The Morgan fingerprint density at radius 2 is 1.96 bits per heavy atom. The fourth-order valence-corrected chi connectivity index (χ4v) is 2.90. The van der Waals surface area contributed by atoms with Gasteiger partial charge in [0.2, 0.25) is 0 Å². The second-order valence-electron chi connectivity index (χ2n) is 5.49. The summed E-state index contributed by atoms with van der Waals surface area (Å²) in [6.45, 7) is 3.10. The van der Waals surface area contributed by atoms with E-state index in [1.165, 1.54) is 18.2 Å². The van der Waals surface area contributed by atoms with Crippen LogP contribution >= 0.6 is 12.2 Å². The Hall–Kier alpha value is -1.83. The normalized spacial score (nSPS) is 15.9. The number of nitrogens with zero attached hydrogens (tertiary/aromatic N) is 1. The smallest absolute Gasteiger partial charge is 0.418 e. The minimum Gasteiger partial charge on any atom is -0.466 e. The average Bonchev–Trinajstić information content (AvgIpc) is 2.54. The lowest BCUT2D eigenvalue weighted by atomic mass is 9.97. The summed E-state index contributed by atoms with van der Waals surface area (Å²) in [6, 6.07) is 5.22. The third-order valence-electron chi connectivity index (χ3n) is 3.88. The van der Waals surface area contributed by atoms with E-state index in [4.69, 9.17) is 17.0 Å². The molecule has 0 aromatic heterocycles. The Morgan fingerprint density at radius 1 is 1.33 bits per heavy atom. The largest absolute Gasteiger partial charge is 0.466 e. The zero-order chi connectivity index (χ0) is 17.7. The number of thiocarbonyl (C=S) groups is 1. The maximum Gasteiger partial charge on any atom is 0.418 e. The fraction of sp³-hybridized carbons (Fsp3) is 0.500. The molecule has 1 aromatic carbocycles. The maximum atomic E-state index is 13.0. The molecule has 1 aliphatic heterocycles. The molecule has 1 fully saturated rings. The van der Waals surface area contributed by atoms with Crippen molar-refractivity contribution in [3.63, 3.8) is 0 Å². The highest BCUT2D eigenvalue weighted by Gasteiger charge is 2.34. The third kappa shape index (κ3) is 4.59. The first-order valence-corrected chi connectivity index (χ1v) is 8.12. The highest BCUT2D eigenvalue weighted by molar-refractivity contribution is 7.80. The SMILES string of the molecule is CCOC(=O)C1CCN(C(=S)Nc2ccccc2C(F)(F)F)CC1. The topological polar surface area (TPSA) is 41.6 Å². The van der Waals surface area contributed by atoms with Crippen molar-refractivity contribution in [3.05, 3.63) is 29.8 Å². The van der Waals surface area contributed by atoms with Crippen LogP contribution in [0.15, 0.2) is 24.3 Å². The maximum absolute atomic E-state index is 13.0. The van der Waals surface area contributed by atoms with Crippen LogP contribution in [0.2, 0.25) is 0 Å². The van der Waals surface area contributed by atoms with E-state index in [0.29, 0.717) is 32.5 Å². The zero-order valence-electron chi connectivity index (χ0n) is 13.2. The molecule has 1 aliphatic rings. The molecule has 1 heterocycles. The molecule has 24 heavy (non-hydrogen) atoms. The minimum absolute atomic E-state index is 0.0671. The Bertz CT molecular complexity index is 599. The molecule has 1 N–H and O–H groups in total. The molecule has 0 radical (unpaired) electrons. The molecular weight excluding hydrogens is 341 g/mol. The Kier molecular flexibility index (Phi) is 6.04. The number of alkyl halides is 3. The van der Waals surface area contributed by atoms with Crippen LogP contribution in [-0.4, -0.2) is 35.7 Å². The van der Waals surface area contributed by atoms with Gasteiger partial charge < -0.3 is 15.0 Å². The van der Waals surface area contributed by atoms with Crippen molar-refractivity contribution < 1.29 is 22.7 Å². The van der Waals surface area contributed by atoms with E-state index in [0.717, 1.165) is 6.07 Å². The summed E-state index contributed by atoms with van der Waals surface area (Å²) in [5.41, 5.74) is -0.823. The highest BCUT2D eigenvalue weighted by atomic mass is 32.1. The van der Waals surface area contributed by atoms with Gasteiger partial charge in [0.15, 0.2) is 5.11 Å². The Labute approximate surface area is 144 Å². The van der Waals surface area contributed by atoms with Crippen LogP contribution in [0.25, 0.3) is 0 Å². The number of rotatable bonds is 3. The summed E-state index contributed by atoms with van der Waals surface area (Å²) in [7, 11) is 0. The van der Waals surface area contributed by atoms with Gasteiger partial charge in [-0.3, -0.25) is 4.79 Å². The van der Waals surface area contributed by atoms with Crippen LogP contribution < -0.4 is 5.32 Å². The summed E-state index contributed by atoms with van der Waals surface area (Å²) in [5, 5.41) is 2.91. The molecule has 0 bridgehead atoms. The number of nitrogens with one attached hydrogen (secondary N) is 1. The number of para-hydroxylation sites is 1. The van der Waals surface area contributed by atoms with Crippen molar-refractivity contribution in [3.8, 4) is 0 Å². The van der Waals surface area contributed by atoms with Crippen molar-refractivity contribution in [2.24, 2.45) is 5.92 Å². The molecule has 0 saturated carbocycles. The van der Waals surface area contributed by atoms with E-state index in [-0.39, 0.29) is 22.7 Å². The number of piperidine rings is 1. The van der Waals surface area contributed by atoms with Crippen LogP contribution in [0.1, 0.15) is 25.3 Å². The number of anilines is 1. The van der Waals surface area contributed by atoms with E-state index in [2.05, 4.69) is 5.32 Å². The molecule has 0 atom stereocenters. The lowest BCUT2D eigenvalue weighted by molar-refractivity contribution is -0.149. The van der Waals surface area contributed by atoms with Crippen molar-refractivity contribution in [1.82, 2.24) is 4.90 Å². The molecule has 4 nitrogen and oxygen atoms in total. The van der Waals surface area contributed by atoms with Crippen LogP contribution in [0.4, 0.5) is 18.9 Å². The Morgan fingerprint density at radius 3 is 2.54 bits per heavy atom. The third-order valence-corrected chi connectivity index (χ3v) is 4.24. The van der Waals surface area contributed by atoms with Gasteiger partial charge in [-0.15, -0.1) is 0 Å². The first kappa shape index (κ1) is 18.5. The lowest BCUT2D eigenvalue weighted by Crippen LogP contribution is -2.42. The lowest BCUT2D eigenvalue weighted by Gasteiger charge is -2.33. The van der Waals surface area contributed by atoms with E-state index in [9.17, 15) is 18.0 Å². The molecule has 0 aliphatic carbocycles. The number of esters is 1. The van der Waals surface area contributed by atoms with Gasteiger partial charge in [0, 0.05) is 13.1 Å². The van der Waals surface area contributed by atoms with E-state index in [1.54, 1.807) is 11.8 Å². The molecule has 0 spiro atoms. The van der Waals surface area contributed by atoms with Gasteiger partial charge in [-0.25, -0.2) is 0 Å². The van der Waals surface area contributed by atoms with E-state index in [1.807, 2.05) is 0 Å². The van der Waals surface area contributed by atoms with Gasteiger partial charge in [0.05, 0.1) is 23.8 Å². The second-order valence-corrected chi connectivity index (χ2v) is 5.87. The molecule has 0 unspecified atom stereocenters. The monoisotopic (exact) mass is 360 g/mol. The van der Waals surface area contributed by atoms with Crippen molar-refractivity contribution >= 4 is 29.0 Å². The van der Waals surface area contributed by atoms with Crippen LogP contribution in [-0.2, 0) is 15.7 Å². The predicted octanol–water partition coefficient (Wildman–Crippen LogP) is 3.68. The number of carbonyl (C=O) groups excluding carboxylic acids is 1. The first-order valence-electron chi connectivity index (χ1n) is 7.71. The molecule has 8 heteroatoms. The number of benzene rings is 1. The van der Waals surface area contributed by atoms with Crippen LogP contribution in [0, 0.1) is 5.92 Å². The zero-order valence-corrected chi connectivity index (χ0v) is 14.0. The molecule has 132 valence electrons. The number of halogens is 3. The van der Waals surface area contributed by atoms with E-state index < -0.39 is 11.7 Å². The minimum atomic E-state index is -4.45. The van der Waals surface area contributed by atoms with Gasteiger partial charge in [-0.05, 0) is 44.1 Å². The van der Waals surface area contributed by atoms with Gasteiger partial charge in [-0.2, -0.15) is 13.2 Å². The van der Waals surface area contributed by atoms with Gasteiger partial charge >= 0.3 is 12.1 Å². The molecular formula is C16H19F3N2O2S. The number of likely N-dealkylation sites (tertiary alicyclic amines) is 1. The molecule has 1 saturated heterocycles. The Balaban J connectivity index is 1.97. The summed E-state index contributed by atoms with van der Waals surface area (Å²) >= 11 is 5.23. The molecule has 0 amide bonds. The number of ether oxygens (including phenoxy) is 1. The molecule has 2 rings (SSSR count). The first-order chi connectivity index (χ1) is 11.3. The average molecular weight is 360 g/mol. The number of hydrogen-bond acceptors (Lipinski definition) is 3. The summed E-state index contributed by atoms with van der Waals surface area (Å²) in [4.78, 5) is 13.5. The molecule has 1 aromatic rings. The summed E-state index contributed by atoms with van der Waals surface area (Å²) < 4.78 is 44.0. The summed E-state index contributed by atoms with van der Waals surface area (Å²) in [5.74, 6) is -0.398. The van der Waals surface area contributed by atoms with Crippen LogP contribution in [0.3, 0.4) is 0 Å².